The van der Waals surface area contributed by atoms with E-state index in [-0.39, 0.29) is 10.7 Å². The number of alkyl halides is 3. The highest BCUT2D eigenvalue weighted by atomic mass is 32.2. The molecule has 0 radical (unpaired) electrons. The van der Waals surface area contributed by atoms with Gasteiger partial charge >= 0.3 is 6.18 Å². The highest BCUT2D eigenvalue weighted by Crippen LogP contribution is 2.38. The van der Waals surface area contributed by atoms with Crippen molar-refractivity contribution in [1.82, 2.24) is 5.32 Å². The smallest absolute Gasteiger partial charge is 0.417 e. The van der Waals surface area contributed by atoms with E-state index in [1.807, 2.05) is 0 Å². The third kappa shape index (κ3) is 4.11. The molecule has 9 heteroatoms. The number of benzene rings is 3. The van der Waals surface area contributed by atoms with E-state index in [1.165, 1.54) is 12.1 Å². The fraction of sp³-hybridized carbons (Fsp3) is 0.0455. The Balaban J connectivity index is 1.76. The summed E-state index contributed by atoms with van der Waals surface area (Å²) < 4.78 is 45.4. The molecule has 2 amide bonds. The van der Waals surface area contributed by atoms with Crippen LogP contribution in [-0.4, -0.2) is 11.1 Å². The summed E-state index contributed by atoms with van der Waals surface area (Å²) in [6.45, 7) is 0. The summed E-state index contributed by atoms with van der Waals surface area (Å²) >= 11 is 0.789. The lowest BCUT2D eigenvalue weighted by atomic mass is 10.0. The maximum atomic E-state index is 13.2. The van der Waals surface area contributed by atoms with Gasteiger partial charge in [0.25, 0.3) is 11.1 Å². The van der Waals surface area contributed by atoms with Crippen molar-refractivity contribution >= 4 is 39.8 Å². The lowest BCUT2D eigenvalue weighted by Crippen LogP contribution is -2.17. The van der Waals surface area contributed by atoms with E-state index in [0.717, 1.165) is 23.9 Å². The van der Waals surface area contributed by atoms with Crippen LogP contribution in [0, 0.1) is 11.3 Å². The third-order valence-corrected chi connectivity index (χ3v) is 5.30. The number of thioether (sulfide) groups is 1. The summed E-state index contributed by atoms with van der Waals surface area (Å²) in [4.78, 5) is 23.5. The highest BCUT2D eigenvalue weighted by Gasteiger charge is 2.34. The first-order valence-corrected chi connectivity index (χ1v) is 9.64. The lowest BCUT2D eigenvalue weighted by Gasteiger charge is -2.14. The molecular formula is C22H11F3N2O3S. The van der Waals surface area contributed by atoms with E-state index in [4.69, 9.17) is 10.00 Å². The first kappa shape index (κ1) is 20.5. The van der Waals surface area contributed by atoms with Gasteiger partial charge in [-0.05, 0) is 53.1 Å². The zero-order valence-electron chi connectivity index (χ0n) is 15.5. The van der Waals surface area contributed by atoms with Crippen molar-refractivity contribution in [3.8, 4) is 17.6 Å². The second-order valence-corrected chi connectivity index (χ2v) is 7.48. The van der Waals surface area contributed by atoms with E-state index < -0.39 is 28.4 Å². The van der Waals surface area contributed by atoms with Crippen LogP contribution >= 0.6 is 11.8 Å². The van der Waals surface area contributed by atoms with E-state index in [1.54, 1.807) is 42.5 Å². The van der Waals surface area contributed by atoms with E-state index in [9.17, 15) is 22.8 Å². The Bertz CT molecular complexity index is 1310. The van der Waals surface area contributed by atoms with E-state index in [0.29, 0.717) is 22.1 Å². The van der Waals surface area contributed by atoms with Gasteiger partial charge in [-0.15, -0.1) is 0 Å². The minimum absolute atomic E-state index is 0.0705. The van der Waals surface area contributed by atoms with Gasteiger partial charge in [0.1, 0.15) is 11.5 Å². The van der Waals surface area contributed by atoms with Crippen LogP contribution in [0.5, 0.6) is 11.5 Å². The number of amides is 2. The molecule has 0 atom stereocenters. The van der Waals surface area contributed by atoms with Crippen LogP contribution < -0.4 is 10.1 Å². The zero-order valence-corrected chi connectivity index (χ0v) is 16.3. The number of halogens is 3. The van der Waals surface area contributed by atoms with Gasteiger partial charge in [-0.3, -0.25) is 14.9 Å². The maximum Gasteiger partial charge on any atom is 0.417 e. The van der Waals surface area contributed by atoms with Crippen LogP contribution in [-0.2, 0) is 11.0 Å². The zero-order chi connectivity index (χ0) is 22.2. The van der Waals surface area contributed by atoms with Gasteiger partial charge in [0.2, 0.25) is 0 Å². The SMILES string of the molecule is N#Cc1ccc(Oc2ccc(/C=C3\SC(=O)NC3=O)c3ccccc23)cc1C(F)(F)F. The molecule has 31 heavy (non-hydrogen) atoms. The maximum absolute atomic E-state index is 13.2. The summed E-state index contributed by atoms with van der Waals surface area (Å²) in [5, 5.41) is 12.0. The average molecular weight is 440 g/mol. The molecule has 1 saturated heterocycles. The Kier molecular flexibility index (Phi) is 5.17. The second kappa shape index (κ2) is 7.81. The molecular weight excluding hydrogens is 429 g/mol. The topological polar surface area (TPSA) is 79.2 Å². The van der Waals surface area contributed by atoms with Gasteiger partial charge < -0.3 is 4.74 Å². The van der Waals surface area contributed by atoms with Crippen molar-refractivity contribution in [1.29, 1.82) is 5.26 Å². The van der Waals surface area contributed by atoms with E-state index >= 15 is 0 Å². The van der Waals surface area contributed by atoms with Gasteiger partial charge in [0.15, 0.2) is 0 Å². The Morgan fingerprint density at radius 1 is 1.03 bits per heavy atom. The molecule has 0 spiro atoms. The second-order valence-electron chi connectivity index (χ2n) is 6.47. The largest absolute Gasteiger partial charge is 0.457 e. The first-order valence-electron chi connectivity index (χ1n) is 8.82. The van der Waals surface area contributed by atoms with Crippen molar-refractivity contribution in [2.45, 2.75) is 6.18 Å². The minimum Gasteiger partial charge on any atom is -0.457 e. The highest BCUT2D eigenvalue weighted by molar-refractivity contribution is 8.18. The molecule has 1 fully saturated rings. The van der Waals surface area contributed by atoms with Gasteiger partial charge in [0.05, 0.1) is 22.1 Å². The number of nitriles is 1. The number of ether oxygens (including phenoxy) is 1. The Labute approximate surface area is 178 Å². The number of carbonyl (C=O) groups excluding carboxylic acids is 2. The Morgan fingerprint density at radius 2 is 1.77 bits per heavy atom. The summed E-state index contributed by atoms with van der Waals surface area (Å²) in [6, 6.07) is 14.9. The first-order chi connectivity index (χ1) is 14.8. The van der Waals surface area contributed by atoms with Gasteiger partial charge in [-0.25, -0.2) is 0 Å². The molecule has 5 nitrogen and oxygen atoms in total. The van der Waals surface area contributed by atoms with Crippen LogP contribution in [0.3, 0.4) is 0 Å². The molecule has 4 rings (SSSR count). The average Bonchev–Trinajstić information content (AvgIpc) is 3.05. The number of hydrogen-bond donors (Lipinski definition) is 1. The standard InChI is InChI=1S/C22H11F3N2O3S/c23-22(24,25)17-10-14(7-5-13(17)11-26)30-18-8-6-12(15-3-1-2-4-16(15)18)9-19-20(28)27-21(29)31-19/h1-10H,(H,27,28,29)/b19-9-. The van der Waals surface area contributed by atoms with Crippen molar-refractivity contribution in [3.63, 3.8) is 0 Å². The number of rotatable bonds is 3. The molecule has 154 valence electrons. The molecule has 0 saturated carbocycles. The van der Waals surface area contributed by atoms with Crippen LogP contribution in [0.1, 0.15) is 16.7 Å². The normalized spacial score (nSPS) is 15.2. The molecule has 1 N–H and O–H groups in total. The van der Waals surface area contributed by atoms with Crippen LogP contribution in [0.2, 0.25) is 0 Å². The van der Waals surface area contributed by atoms with Crippen molar-refractivity contribution in [3.05, 3.63) is 76.2 Å². The Hall–Kier alpha value is -3.77. The van der Waals surface area contributed by atoms with Crippen molar-refractivity contribution < 1.29 is 27.5 Å². The molecule has 0 aliphatic carbocycles. The third-order valence-electron chi connectivity index (χ3n) is 4.49. The van der Waals surface area contributed by atoms with Gasteiger partial charge in [-0.2, -0.15) is 18.4 Å². The van der Waals surface area contributed by atoms with Crippen molar-refractivity contribution in [2.75, 3.05) is 0 Å². The summed E-state index contributed by atoms with van der Waals surface area (Å²) in [5.74, 6) is -0.259. The Morgan fingerprint density at radius 3 is 2.42 bits per heavy atom. The predicted molar refractivity (Wildman–Crippen MR) is 109 cm³/mol. The minimum atomic E-state index is -4.69. The number of nitrogens with one attached hydrogen (secondary N) is 1. The molecule has 1 aliphatic heterocycles. The van der Waals surface area contributed by atoms with Crippen LogP contribution in [0.4, 0.5) is 18.0 Å². The molecule has 0 bridgehead atoms. The van der Waals surface area contributed by atoms with Crippen LogP contribution in [0.15, 0.2) is 59.5 Å². The number of hydrogen-bond acceptors (Lipinski definition) is 5. The van der Waals surface area contributed by atoms with Crippen molar-refractivity contribution in [2.24, 2.45) is 0 Å². The number of nitrogens with zero attached hydrogens (tertiary/aromatic N) is 1. The summed E-state index contributed by atoms with van der Waals surface area (Å²) in [7, 11) is 0. The quantitative estimate of drug-likeness (QED) is 0.517. The van der Waals surface area contributed by atoms with Crippen LogP contribution in [0.25, 0.3) is 16.8 Å². The predicted octanol–water partition coefficient (Wildman–Crippen LogP) is 5.85. The molecule has 3 aromatic rings. The fourth-order valence-corrected chi connectivity index (χ4v) is 3.79. The number of carbonyl (C=O) groups is 2. The molecule has 3 aromatic carbocycles. The number of imide groups is 1. The summed E-state index contributed by atoms with van der Waals surface area (Å²) in [5.41, 5.74) is -0.924. The molecule has 0 unspecified atom stereocenters. The molecule has 1 heterocycles. The lowest BCUT2D eigenvalue weighted by molar-refractivity contribution is -0.137. The van der Waals surface area contributed by atoms with E-state index in [2.05, 4.69) is 5.32 Å². The van der Waals surface area contributed by atoms with Gasteiger partial charge in [-0.1, -0.05) is 30.3 Å². The van der Waals surface area contributed by atoms with Gasteiger partial charge in [0, 0.05) is 5.39 Å². The number of fused-ring (bicyclic) bond motifs is 1. The fourth-order valence-electron chi connectivity index (χ4n) is 3.12. The summed E-state index contributed by atoms with van der Waals surface area (Å²) in [6.07, 6.45) is -3.13. The monoisotopic (exact) mass is 440 g/mol. The molecule has 1 aliphatic rings. The molecule has 0 aromatic heterocycles.